The number of likely N-dealkylation sites (tertiary alicyclic amines) is 2. The van der Waals surface area contributed by atoms with E-state index in [0.717, 1.165) is 54.5 Å². The van der Waals surface area contributed by atoms with E-state index >= 15 is 4.39 Å². The van der Waals surface area contributed by atoms with E-state index in [1.165, 1.54) is 23.9 Å². The highest BCUT2D eigenvalue weighted by atomic mass is 35.5. The molecule has 1 N–H and O–H groups in total. The molecule has 2 aromatic carbocycles. The number of hydrogen-bond acceptors (Lipinski definition) is 4. The number of amides is 1. The van der Waals surface area contributed by atoms with Gasteiger partial charge >= 0.3 is 5.97 Å². The summed E-state index contributed by atoms with van der Waals surface area (Å²) in [4.78, 5) is 30.3. The van der Waals surface area contributed by atoms with E-state index in [0.29, 0.717) is 10.9 Å². The summed E-state index contributed by atoms with van der Waals surface area (Å²) in [6, 6.07) is 9.90. The van der Waals surface area contributed by atoms with Gasteiger partial charge in [-0.3, -0.25) is 4.79 Å². The molecule has 1 aromatic heterocycles. The molecule has 2 aliphatic rings. The highest BCUT2D eigenvalue weighted by molar-refractivity contribution is 7.99. The Morgan fingerprint density at radius 2 is 1.89 bits per heavy atom. The van der Waals surface area contributed by atoms with Crippen molar-refractivity contribution in [1.82, 2.24) is 14.4 Å². The zero-order valence-corrected chi connectivity index (χ0v) is 21.3. The largest absolute Gasteiger partial charge is 0.478 e. The number of aromatic nitrogens is 1. The molecule has 6 nitrogen and oxygen atoms in total. The van der Waals surface area contributed by atoms with Crippen LogP contribution >= 0.6 is 23.4 Å². The van der Waals surface area contributed by atoms with Gasteiger partial charge in [0, 0.05) is 39.4 Å². The lowest BCUT2D eigenvalue weighted by atomic mass is 9.72. The molecular weight excluding hydrogens is 489 g/mol. The summed E-state index contributed by atoms with van der Waals surface area (Å²) in [5.74, 6) is -1.59. The third-order valence-corrected chi connectivity index (χ3v) is 8.87. The zero-order chi connectivity index (χ0) is 24.9. The van der Waals surface area contributed by atoms with Crippen LogP contribution in [0.15, 0.2) is 46.2 Å². The fraction of sp³-hybridized carbons (Fsp3) is 0.385. The molecule has 5 rings (SSSR count). The van der Waals surface area contributed by atoms with E-state index < -0.39 is 11.8 Å². The Balaban J connectivity index is 1.44. The first-order chi connectivity index (χ1) is 16.7. The monoisotopic (exact) mass is 515 g/mol. The smallest absolute Gasteiger partial charge is 0.335 e. The van der Waals surface area contributed by atoms with Crippen molar-refractivity contribution in [2.75, 3.05) is 33.2 Å². The second-order valence-corrected chi connectivity index (χ2v) is 11.2. The summed E-state index contributed by atoms with van der Waals surface area (Å²) >= 11 is 7.48. The van der Waals surface area contributed by atoms with Crippen LogP contribution in [0.1, 0.15) is 28.9 Å². The maximum atomic E-state index is 15.3. The fourth-order valence-corrected chi connectivity index (χ4v) is 6.45. The van der Waals surface area contributed by atoms with Crippen LogP contribution in [0.3, 0.4) is 0 Å². The summed E-state index contributed by atoms with van der Waals surface area (Å²) in [6.07, 6.45) is 2.19. The first-order valence-electron chi connectivity index (χ1n) is 11.6. The Bertz CT molecular complexity index is 1330. The Hall–Kier alpha value is -2.55. The molecule has 1 spiro atoms. The maximum absolute atomic E-state index is 15.3. The summed E-state index contributed by atoms with van der Waals surface area (Å²) < 4.78 is 17.0. The number of rotatable bonds is 5. The Morgan fingerprint density at radius 1 is 1.17 bits per heavy atom. The lowest BCUT2D eigenvalue weighted by Crippen LogP contribution is -2.62. The molecule has 2 saturated heterocycles. The molecule has 0 atom stereocenters. The topological polar surface area (TPSA) is 65.8 Å². The Kier molecular flexibility index (Phi) is 6.32. The number of halogens is 2. The molecule has 184 valence electrons. The summed E-state index contributed by atoms with van der Waals surface area (Å²) in [5, 5.41) is 9.99. The normalized spacial score (nSPS) is 17.7. The van der Waals surface area contributed by atoms with Crippen molar-refractivity contribution in [1.29, 1.82) is 0 Å². The minimum atomic E-state index is -1.01. The van der Waals surface area contributed by atoms with Crippen LogP contribution in [-0.4, -0.2) is 64.6 Å². The van der Waals surface area contributed by atoms with Crippen LogP contribution in [-0.2, 0) is 11.3 Å². The van der Waals surface area contributed by atoms with Crippen molar-refractivity contribution in [2.45, 2.75) is 36.1 Å². The van der Waals surface area contributed by atoms with Crippen molar-refractivity contribution < 1.29 is 19.1 Å². The number of carbonyl (C=O) groups is 2. The second-order valence-electron chi connectivity index (χ2n) is 9.75. The predicted octanol–water partition coefficient (Wildman–Crippen LogP) is 5.15. The lowest BCUT2D eigenvalue weighted by Gasteiger charge is -2.53. The van der Waals surface area contributed by atoms with Crippen LogP contribution in [0, 0.1) is 18.2 Å². The van der Waals surface area contributed by atoms with Gasteiger partial charge in [0.1, 0.15) is 6.54 Å². The highest BCUT2D eigenvalue weighted by Gasteiger charge is 2.46. The molecule has 1 amide bonds. The highest BCUT2D eigenvalue weighted by Crippen LogP contribution is 2.42. The number of hydrogen-bond donors (Lipinski definition) is 1. The third kappa shape index (κ3) is 4.43. The minimum Gasteiger partial charge on any atom is -0.478 e. The SMILES string of the molecule is Cc1c(Sc2cccc(C(=O)O)c2)c2ccc(Cl)c(F)c2n1CC(=O)N1CC2(CCN(C)CC2)C1. The van der Waals surface area contributed by atoms with Crippen molar-refractivity contribution in [3.8, 4) is 0 Å². The number of piperidine rings is 1. The van der Waals surface area contributed by atoms with E-state index in [1.807, 2.05) is 17.9 Å². The molecule has 2 fully saturated rings. The van der Waals surface area contributed by atoms with Gasteiger partial charge in [-0.05, 0) is 70.2 Å². The predicted molar refractivity (Wildman–Crippen MR) is 135 cm³/mol. The van der Waals surface area contributed by atoms with Gasteiger partial charge in [-0.25, -0.2) is 9.18 Å². The van der Waals surface area contributed by atoms with Gasteiger partial charge in [-0.1, -0.05) is 29.4 Å². The maximum Gasteiger partial charge on any atom is 0.335 e. The van der Waals surface area contributed by atoms with Crippen molar-refractivity contribution >= 4 is 46.1 Å². The van der Waals surface area contributed by atoms with Crippen LogP contribution in [0.25, 0.3) is 10.9 Å². The molecule has 9 heteroatoms. The molecule has 3 heterocycles. The second kappa shape index (κ2) is 9.15. The van der Waals surface area contributed by atoms with Gasteiger partial charge in [-0.2, -0.15) is 0 Å². The van der Waals surface area contributed by atoms with Crippen molar-refractivity contribution in [2.24, 2.45) is 5.41 Å². The van der Waals surface area contributed by atoms with Crippen LogP contribution in [0.2, 0.25) is 5.02 Å². The first kappa shape index (κ1) is 24.2. The van der Waals surface area contributed by atoms with Gasteiger partial charge in [-0.15, -0.1) is 0 Å². The van der Waals surface area contributed by atoms with E-state index in [9.17, 15) is 14.7 Å². The lowest BCUT2D eigenvalue weighted by molar-refractivity contribution is -0.147. The fourth-order valence-electron chi connectivity index (χ4n) is 5.19. The van der Waals surface area contributed by atoms with Gasteiger partial charge in [0.05, 0.1) is 16.1 Å². The van der Waals surface area contributed by atoms with Crippen LogP contribution in [0.4, 0.5) is 4.39 Å². The molecule has 0 aliphatic carbocycles. The van der Waals surface area contributed by atoms with E-state index in [2.05, 4.69) is 11.9 Å². The van der Waals surface area contributed by atoms with E-state index in [-0.39, 0.29) is 28.5 Å². The Labute approximate surface area is 212 Å². The minimum absolute atomic E-state index is 0.00218. The number of aromatic carboxylic acids is 1. The molecule has 0 radical (unpaired) electrons. The standard InChI is InChI=1S/C26H27ClFN3O3S/c1-16-24(35-18-5-3-4-17(12-18)25(33)34)19-6-7-20(27)22(28)23(19)31(16)13-21(32)30-14-26(15-30)8-10-29(2)11-9-26/h3-7,12H,8-11,13-15H2,1-2H3,(H,33,34). The zero-order valence-electron chi connectivity index (χ0n) is 19.7. The van der Waals surface area contributed by atoms with Crippen LogP contribution < -0.4 is 0 Å². The van der Waals surface area contributed by atoms with Gasteiger partial charge in [0.15, 0.2) is 5.82 Å². The number of nitrogens with zero attached hydrogens (tertiary/aromatic N) is 3. The third-order valence-electron chi connectivity index (χ3n) is 7.36. The van der Waals surface area contributed by atoms with E-state index in [1.54, 1.807) is 22.8 Å². The van der Waals surface area contributed by atoms with E-state index in [4.69, 9.17) is 11.6 Å². The summed E-state index contributed by atoms with van der Waals surface area (Å²) in [6.45, 7) is 5.51. The number of benzene rings is 2. The molecular formula is C26H27ClFN3O3S. The number of carboxylic acid groups (broad SMARTS) is 1. The molecule has 35 heavy (non-hydrogen) atoms. The number of fused-ring (bicyclic) bond motifs is 1. The quantitative estimate of drug-likeness (QED) is 0.509. The van der Waals surface area contributed by atoms with Gasteiger partial charge in [0.2, 0.25) is 5.91 Å². The average molecular weight is 516 g/mol. The molecule has 0 saturated carbocycles. The van der Waals surface area contributed by atoms with Crippen LogP contribution in [0.5, 0.6) is 0 Å². The number of carboxylic acids is 1. The summed E-state index contributed by atoms with van der Waals surface area (Å²) in [5.41, 5.74) is 1.45. The van der Waals surface area contributed by atoms with Gasteiger partial charge < -0.3 is 19.5 Å². The molecule has 3 aromatic rings. The molecule has 0 unspecified atom stereocenters. The first-order valence-corrected chi connectivity index (χ1v) is 12.8. The van der Waals surface area contributed by atoms with Gasteiger partial charge in [0.25, 0.3) is 0 Å². The summed E-state index contributed by atoms with van der Waals surface area (Å²) in [7, 11) is 2.13. The van der Waals surface area contributed by atoms with Crippen molar-refractivity contribution in [3.63, 3.8) is 0 Å². The Morgan fingerprint density at radius 3 is 2.57 bits per heavy atom. The molecule has 2 aliphatic heterocycles. The molecule has 0 bridgehead atoms. The van der Waals surface area contributed by atoms with Crippen molar-refractivity contribution in [3.05, 3.63) is 58.5 Å². The number of carbonyl (C=O) groups excluding carboxylic acids is 1. The average Bonchev–Trinajstić information content (AvgIpc) is 3.07.